The van der Waals surface area contributed by atoms with Gasteiger partial charge in [0.15, 0.2) is 0 Å². The summed E-state index contributed by atoms with van der Waals surface area (Å²) in [6, 6.07) is 15.7. The first-order valence-electron chi connectivity index (χ1n) is 6.63. The van der Waals surface area contributed by atoms with Crippen molar-refractivity contribution in [2.24, 2.45) is 4.99 Å². The summed E-state index contributed by atoms with van der Waals surface area (Å²) in [6.07, 6.45) is 7.31. The maximum Gasteiger partial charge on any atom is 0.119 e. The van der Waals surface area contributed by atoms with E-state index in [0.29, 0.717) is 0 Å². The molecule has 4 heteroatoms. The van der Waals surface area contributed by atoms with E-state index >= 15 is 0 Å². The van der Waals surface area contributed by atoms with Crippen LogP contribution in [0, 0.1) is 0 Å². The highest BCUT2D eigenvalue weighted by Gasteiger charge is 2.01. The van der Waals surface area contributed by atoms with E-state index in [0.717, 1.165) is 22.8 Å². The number of aliphatic imine (C=N–C) groups is 1. The highest BCUT2D eigenvalue weighted by atomic mass is 16.5. The number of hydrogen-bond acceptors (Lipinski definition) is 3. The molecule has 0 aliphatic rings. The molecular formula is C17H15N3O. The molecule has 0 aliphatic heterocycles. The summed E-state index contributed by atoms with van der Waals surface area (Å²) in [5.74, 6) is 0.844. The Morgan fingerprint density at radius 2 is 1.95 bits per heavy atom. The lowest BCUT2D eigenvalue weighted by molar-refractivity contribution is 0.415. The van der Waals surface area contributed by atoms with Gasteiger partial charge < -0.3 is 9.30 Å². The van der Waals surface area contributed by atoms with E-state index in [9.17, 15) is 0 Å². The Hall–Kier alpha value is -2.88. The molecule has 0 spiro atoms. The molecular weight excluding hydrogens is 262 g/mol. The number of nitrogens with zero attached hydrogens (tertiary/aromatic N) is 3. The zero-order chi connectivity index (χ0) is 14.5. The third kappa shape index (κ3) is 3.00. The molecule has 21 heavy (non-hydrogen) atoms. The van der Waals surface area contributed by atoms with E-state index in [1.54, 1.807) is 19.5 Å². The minimum absolute atomic E-state index is 0.833. The van der Waals surface area contributed by atoms with Gasteiger partial charge in [0.25, 0.3) is 0 Å². The molecule has 0 bridgehead atoms. The number of benzene rings is 1. The van der Waals surface area contributed by atoms with Gasteiger partial charge in [0.05, 0.1) is 30.9 Å². The van der Waals surface area contributed by atoms with Crippen molar-refractivity contribution in [1.29, 1.82) is 0 Å². The molecule has 3 rings (SSSR count). The zero-order valence-electron chi connectivity index (χ0n) is 11.7. The van der Waals surface area contributed by atoms with Crippen LogP contribution in [0.4, 0.5) is 5.69 Å². The SMILES string of the molecule is COc1ccc(-n2cccc2C=Nc2cccnc2)cc1. The predicted molar refractivity (Wildman–Crippen MR) is 83.8 cm³/mol. The Morgan fingerprint density at radius 1 is 1.10 bits per heavy atom. The van der Waals surface area contributed by atoms with Gasteiger partial charge in [-0.3, -0.25) is 9.98 Å². The fourth-order valence-electron chi connectivity index (χ4n) is 2.05. The van der Waals surface area contributed by atoms with Crippen LogP contribution in [0.5, 0.6) is 5.75 Å². The van der Waals surface area contributed by atoms with E-state index in [2.05, 4.69) is 14.5 Å². The van der Waals surface area contributed by atoms with Crippen LogP contribution in [0.2, 0.25) is 0 Å². The Bertz CT molecular complexity index is 730. The predicted octanol–water partition coefficient (Wildman–Crippen LogP) is 3.63. The lowest BCUT2D eigenvalue weighted by Gasteiger charge is -2.07. The summed E-state index contributed by atoms with van der Waals surface area (Å²) in [4.78, 5) is 8.49. The van der Waals surface area contributed by atoms with E-state index in [1.165, 1.54) is 0 Å². The maximum absolute atomic E-state index is 5.18. The fraction of sp³-hybridized carbons (Fsp3) is 0.0588. The van der Waals surface area contributed by atoms with Crippen LogP contribution in [-0.4, -0.2) is 22.9 Å². The highest BCUT2D eigenvalue weighted by molar-refractivity contribution is 5.81. The first-order chi connectivity index (χ1) is 10.4. The molecule has 0 radical (unpaired) electrons. The molecule has 1 aromatic carbocycles. The lowest BCUT2D eigenvalue weighted by atomic mass is 10.3. The Balaban J connectivity index is 1.88. The quantitative estimate of drug-likeness (QED) is 0.683. The zero-order valence-corrected chi connectivity index (χ0v) is 11.7. The lowest BCUT2D eigenvalue weighted by Crippen LogP contribution is -1.97. The minimum atomic E-state index is 0.833. The standard InChI is InChI=1S/C17H15N3O/c1-21-17-8-6-15(7-9-17)20-11-3-5-16(20)13-19-14-4-2-10-18-12-14/h2-13H,1H3. The van der Waals surface area contributed by atoms with Gasteiger partial charge in [0, 0.05) is 18.1 Å². The van der Waals surface area contributed by atoms with Crippen molar-refractivity contribution in [3.05, 3.63) is 72.8 Å². The number of pyridine rings is 1. The highest BCUT2D eigenvalue weighted by Crippen LogP contribution is 2.17. The van der Waals surface area contributed by atoms with Gasteiger partial charge in [0.2, 0.25) is 0 Å². The summed E-state index contributed by atoms with van der Waals surface area (Å²) in [5.41, 5.74) is 2.90. The molecule has 104 valence electrons. The molecule has 4 nitrogen and oxygen atoms in total. The van der Waals surface area contributed by atoms with Crippen LogP contribution < -0.4 is 4.74 Å². The van der Waals surface area contributed by atoms with Gasteiger partial charge >= 0.3 is 0 Å². The molecule has 0 atom stereocenters. The van der Waals surface area contributed by atoms with Crippen LogP contribution in [0.15, 0.2) is 72.1 Å². The average molecular weight is 277 g/mol. The van der Waals surface area contributed by atoms with Crippen LogP contribution in [0.25, 0.3) is 5.69 Å². The summed E-state index contributed by atoms with van der Waals surface area (Å²) in [5, 5.41) is 0. The molecule has 0 N–H and O–H groups in total. The maximum atomic E-state index is 5.18. The monoisotopic (exact) mass is 277 g/mol. The number of hydrogen-bond donors (Lipinski definition) is 0. The molecule has 2 aromatic heterocycles. The molecule has 0 fully saturated rings. The minimum Gasteiger partial charge on any atom is -0.497 e. The summed E-state index contributed by atoms with van der Waals surface area (Å²) in [6.45, 7) is 0. The van der Waals surface area contributed by atoms with Gasteiger partial charge in [-0.2, -0.15) is 0 Å². The second-order valence-electron chi connectivity index (χ2n) is 4.47. The van der Waals surface area contributed by atoms with E-state index in [-0.39, 0.29) is 0 Å². The van der Waals surface area contributed by atoms with Crippen molar-refractivity contribution in [2.45, 2.75) is 0 Å². The van der Waals surface area contributed by atoms with Crippen LogP contribution in [-0.2, 0) is 0 Å². The normalized spacial score (nSPS) is 10.9. The van der Waals surface area contributed by atoms with Gasteiger partial charge in [-0.25, -0.2) is 0 Å². The van der Waals surface area contributed by atoms with E-state index < -0.39 is 0 Å². The van der Waals surface area contributed by atoms with E-state index in [4.69, 9.17) is 4.74 Å². The smallest absolute Gasteiger partial charge is 0.119 e. The topological polar surface area (TPSA) is 39.4 Å². The molecule has 0 saturated carbocycles. The van der Waals surface area contributed by atoms with Crippen LogP contribution in [0.3, 0.4) is 0 Å². The first kappa shape index (κ1) is 13.1. The molecule has 0 unspecified atom stereocenters. The first-order valence-corrected chi connectivity index (χ1v) is 6.63. The largest absolute Gasteiger partial charge is 0.497 e. The number of aromatic nitrogens is 2. The summed E-state index contributed by atoms with van der Waals surface area (Å²) in [7, 11) is 1.66. The molecule has 0 saturated heterocycles. The number of methoxy groups -OCH3 is 1. The molecule has 2 heterocycles. The Morgan fingerprint density at radius 3 is 2.67 bits per heavy atom. The van der Waals surface area contributed by atoms with E-state index in [1.807, 2.05) is 60.9 Å². The third-order valence-electron chi connectivity index (χ3n) is 3.12. The van der Waals surface area contributed by atoms with Crippen molar-refractivity contribution in [1.82, 2.24) is 9.55 Å². The third-order valence-corrected chi connectivity index (χ3v) is 3.12. The van der Waals surface area contributed by atoms with Crippen LogP contribution in [0.1, 0.15) is 5.69 Å². The van der Waals surface area contributed by atoms with Gasteiger partial charge in [-0.15, -0.1) is 0 Å². The van der Waals surface area contributed by atoms with Crippen molar-refractivity contribution >= 4 is 11.9 Å². The van der Waals surface area contributed by atoms with Gasteiger partial charge in [-0.1, -0.05) is 0 Å². The number of rotatable bonds is 4. The fourth-order valence-corrected chi connectivity index (χ4v) is 2.05. The van der Waals surface area contributed by atoms with Crippen molar-refractivity contribution in [2.75, 3.05) is 7.11 Å². The summed E-state index contributed by atoms with van der Waals surface area (Å²) < 4.78 is 7.25. The molecule has 0 aliphatic carbocycles. The van der Waals surface area contributed by atoms with Gasteiger partial charge in [-0.05, 0) is 48.5 Å². The van der Waals surface area contributed by atoms with Crippen molar-refractivity contribution in [3.8, 4) is 11.4 Å². The second kappa shape index (κ2) is 6.05. The molecule has 0 amide bonds. The Labute approximate surface area is 123 Å². The molecule has 3 aromatic rings. The average Bonchev–Trinajstić information content (AvgIpc) is 3.02. The van der Waals surface area contributed by atoms with Crippen molar-refractivity contribution < 1.29 is 4.74 Å². The second-order valence-corrected chi connectivity index (χ2v) is 4.47. The summed E-state index contributed by atoms with van der Waals surface area (Å²) >= 11 is 0. The number of ether oxygens (including phenoxy) is 1. The van der Waals surface area contributed by atoms with Gasteiger partial charge in [0.1, 0.15) is 5.75 Å². The Kier molecular flexibility index (Phi) is 3.78. The van der Waals surface area contributed by atoms with Crippen LogP contribution >= 0.6 is 0 Å². The van der Waals surface area contributed by atoms with Crippen molar-refractivity contribution in [3.63, 3.8) is 0 Å².